The summed E-state index contributed by atoms with van der Waals surface area (Å²) >= 11 is 1.32. The Morgan fingerprint density at radius 2 is 1.76 bits per heavy atom. The van der Waals surface area contributed by atoms with Gasteiger partial charge in [-0.3, -0.25) is 19.3 Å². The number of Topliss-reactive ketones (excluding diaryl/α,β-unsaturated/α-hetero) is 2. The molecule has 0 N–H and O–H groups in total. The summed E-state index contributed by atoms with van der Waals surface area (Å²) < 4.78 is 6.26. The predicted octanol–water partition coefficient (Wildman–Crippen LogP) is 4.77. The van der Waals surface area contributed by atoms with Gasteiger partial charge in [-0.1, -0.05) is 65.4 Å². The van der Waals surface area contributed by atoms with E-state index in [0.29, 0.717) is 22.0 Å². The van der Waals surface area contributed by atoms with Crippen LogP contribution in [-0.2, 0) is 9.59 Å². The number of ether oxygens (including phenoxy) is 1. The molecule has 1 aliphatic rings. The second-order valence-corrected chi connectivity index (χ2v) is 8.94. The van der Waals surface area contributed by atoms with Gasteiger partial charge in [0.15, 0.2) is 10.9 Å². The highest BCUT2D eigenvalue weighted by atomic mass is 32.1. The van der Waals surface area contributed by atoms with Crippen LogP contribution in [0.1, 0.15) is 27.5 Å². The number of methoxy groups -OCH3 is 1. The molecule has 164 valence electrons. The van der Waals surface area contributed by atoms with Crippen LogP contribution < -0.4 is 9.64 Å². The second kappa shape index (κ2) is 8.26. The van der Waals surface area contributed by atoms with Gasteiger partial charge in [0.2, 0.25) is 5.78 Å². The maximum atomic E-state index is 13.6. The van der Waals surface area contributed by atoms with Crippen LogP contribution in [0, 0.1) is 12.8 Å². The fourth-order valence-electron chi connectivity index (χ4n) is 4.17. The first-order valence-electron chi connectivity index (χ1n) is 10.5. The van der Waals surface area contributed by atoms with Crippen molar-refractivity contribution >= 4 is 44.2 Å². The molecule has 1 amide bonds. The normalized spacial score (nSPS) is 18.2. The molecule has 0 spiro atoms. The molecule has 6 nitrogen and oxygen atoms in total. The largest absolute Gasteiger partial charge is 0.497 e. The number of amides is 1. The van der Waals surface area contributed by atoms with Crippen LogP contribution >= 0.6 is 11.3 Å². The summed E-state index contributed by atoms with van der Waals surface area (Å²) in [4.78, 5) is 46.1. The van der Waals surface area contributed by atoms with E-state index in [9.17, 15) is 14.4 Å². The van der Waals surface area contributed by atoms with Crippen molar-refractivity contribution in [1.29, 1.82) is 0 Å². The number of fused-ring (bicyclic) bond motifs is 1. The molecule has 33 heavy (non-hydrogen) atoms. The standard InChI is InChI=1S/C26H20N2O4S/c1-15-10-12-16(13-11-15)23(29)21-22(17-6-5-7-18(14-17)32-2)28(25(31)24(21)30)26-27-19-8-3-4-9-20(19)33-26/h3-14,21-22H,1-2H3. The summed E-state index contributed by atoms with van der Waals surface area (Å²) in [5.41, 5.74) is 2.76. The number of ketones is 2. The van der Waals surface area contributed by atoms with Crippen molar-refractivity contribution in [2.24, 2.45) is 5.92 Å². The molecule has 3 aromatic carbocycles. The first kappa shape index (κ1) is 21.0. The Morgan fingerprint density at radius 1 is 1.00 bits per heavy atom. The van der Waals surface area contributed by atoms with E-state index in [2.05, 4.69) is 4.98 Å². The van der Waals surface area contributed by atoms with Crippen LogP contribution in [-0.4, -0.2) is 29.6 Å². The molecular formula is C26H20N2O4S. The van der Waals surface area contributed by atoms with Crippen LogP contribution in [0.15, 0.2) is 72.8 Å². The molecule has 0 aliphatic carbocycles. The lowest BCUT2D eigenvalue weighted by molar-refractivity contribution is -0.135. The second-order valence-electron chi connectivity index (χ2n) is 7.93. The van der Waals surface area contributed by atoms with E-state index in [4.69, 9.17) is 4.74 Å². The molecule has 0 radical (unpaired) electrons. The number of hydrogen-bond acceptors (Lipinski definition) is 6. The third-order valence-corrected chi connectivity index (χ3v) is 6.88. The molecule has 2 unspecified atom stereocenters. The van der Waals surface area contributed by atoms with Gasteiger partial charge in [0.1, 0.15) is 11.7 Å². The molecule has 1 aliphatic heterocycles. The average molecular weight is 457 g/mol. The van der Waals surface area contributed by atoms with E-state index in [1.54, 1.807) is 43.5 Å². The number of thiazole rings is 1. The van der Waals surface area contributed by atoms with Crippen molar-refractivity contribution in [2.75, 3.05) is 12.0 Å². The SMILES string of the molecule is COc1cccc(C2C(C(=O)c3ccc(C)cc3)C(=O)C(=O)N2c2nc3ccccc3s2)c1. The number of carbonyl (C=O) groups excluding carboxylic acids is 3. The number of benzene rings is 3. The molecule has 2 heterocycles. The number of carbonyl (C=O) groups is 3. The molecule has 4 aromatic rings. The van der Waals surface area contributed by atoms with Gasteiger partial charge in [-0.15, -0.1) is 0 Å². The molecule has 1 fully saturated rings. The number of rotatable bonds is 5. The smallest absolute Gasteiger partial charge is 0.297 e. The van der Waals surface area contributed by atoms with E-state index < -0.39 is 23.7 Å². The fourth-order valence-corrected chi connectivity index (χ4v) is 5.17. The monoisotopic (exact) mass is 456 g/mol. The van der Waals surface area contributed by atoms with E-state index in [1.807, 2.05) is 43.3 Å². The van der Waals surface area contributed by atoms with E-state index >= 15 is 0 Å². The molecule has 1 aromatic heterocycles. The van der Waals surface area contributed by atoms with Gasteiger partial charge in [-0.2, -0.15) is 0 Å². The highest BCUT2D eigenvalue weighted by Crippen LogP contribution is 2.44. The fraction of sp³-hybridized carbons (Fsp3) is 0.154. The molecule has 0 bridgehead atoms. The Balaban J connectivity index is 1.67. The van der Waals surface area contributed by atoms with Crippen molar-refractivity contribution < 1.29 is 19.1 Å². The van der Waals surface area contributed by atoms with Crippen LogP contribution in [0.25, 0.3) is 10.2 Å². The summed E-state index contributed by atoms with van der Waals surface area (Å²) in [6.07, 6.45) is 0. The lowest BCUT2D eigenvalue weighted by Gasteiger charge is -2.25. The lowest BCUT2D eigenvalue weighted by Crippen LogP contribution is -2.30. The summed E-state index contributed by atoms with van der Waals surface area (Å²) in [6.45, 7) is 1.92. The summed E-state index contributed by atoms with van der Waals surface area (Å²) in [5.74, 6) is -2.45. The maximum Gasteiger partial charge on any atom is 0.297 e. The number of para-hydroxylation sites is 1. The number of hydrogen-bond donors (Lipinski definition) is 0. The third-order valence-electron chi connectivity index (χ3n) is 5.85. The lowest BCUT2D eigenvalue weighted by atomic mass is 9.86. The molecule has 0 saturated carbocycles. The van der Waals surface area contributed by atoms with E-state index in [1.165, 1.54) is 16.2 Å². The highest BCUT2D eigenvalue weighted by Gasteiger charge is 2.53. The number of aromatic nitrogens is 1. The van der Waals surface area contributed by atoms with Gasteiger partial charge in [-0.25, -0.2) is 4.98 Å². The number of anilines is 1. The quantitative estimate of drug-likeness (QED) is 0.246. The number of aryl methyl sites for hydroxylation is 1. The van der Waals surface area contributed by atoms with Gasteiger partial charge < -0.3 is 4.74 Å². The minimum atomic E-state index is -1.18. The molecule has 1 saturated heterocycles. The Kier molecular flexibility index (Phi) is 5.26. The van der Waals surface area contributed by atoms with Crippen LogP contribution in [0.4, 0.5) is 5.13 Å². The van der Waals surface area contributed by atoms with Gasteiger partial charge in [0.25, 0.3) is 5.91 Å². The number of nitrogens with zero attached hydrogens (tertiary/aromatic N) is 2. The van der Waals surface area contributed by atoms with Gasteiger partial charge >= 0.3 is 0 Å². The molecule has 2 atom stereocenters. The first-order valence-corrected chi connectivity index (χ1v) is 11.3. The Hall–Kier alpha value is -3.84. The zero-order valence-corrected chi connectivity index (χ0v) is 18.8. The predicted molar refractivity (Wildman–Crippen MR) is 127 cm³/mol. The average Bonchev–Trinajstić information content (AvgIpc) is 3.37. The topological polar surface area (TPSA) is 76.6 Å². The van der Waals surface area contributed by atoms with Crippen molar-refractivity contribution in [3.05, 3.63) is 89.5 Å². The minimum Gasteiger partial charge on any atom is -0.497 e. The van der Waals surface area contributed by atoms with Crippen LogP contribution in [0.5, 0.6) is 5.75 Å². The van der Waals surface area contributed by atoms with E-state index in [0.717, 1.165) is 15.8 Å². The Bertz CT molecular complexity index is 1360. The van der Waals surface area contributed by atoms with Crippen molar-refractivity contribution in [1.82, 2.24) is 4.98 Å². The first-order chi connectivity index (χ1) is 16.0. The van der Waals surface area contributed by atoms with E-state index in [-0.39, 0.29) is 5.78 Å². The van der Waals surface area contributed by atoms with Gasteiger partial charge in [-0.05, 0) is 36.8 Å². The minimum absolute atomic E-state index is 0.384. The molecular weight excluding hydrogens is 436 g/mol. The molecule has 7 heteroatoms. The molecule has 5 rings (SSSR count). The highest BCUT2D eigenvalue weighted by molar-refractivity contribution is 7.22. The van der Waals surface area contributed by atoms with Crippen LogP contribution in [0.2, 0.25) is 0 Å². The van der Waals surface area contributed by atoms with Crippen molar-refractivity contribution in [2.45, 2.75) is 13.0 Å². The van der Waals surface area contributed by atoms with Crippen molar-refractivity contribution in [3.8, 4) is 5.75 Å². The van der Waals surface area contributed by atoms with Gasteiger partial charge in [0.05, 0.1) is 23.4 Å². The zero-order valence-electron chi connectivity index (χ0n) is 18.0. The summed E-state index contributed by atoms with van der Waals surface area (Å²) in [7, 11) is 1.55. The Morgan fingerprint density at radius 3 is 2.48 bits per heavy atom. The van der Waals surface area contributed by atoms with Gasteiger partial charge in [0, 0.05) is 5.56 Å². The maximum absolute atomic E-state index is 13.6. The summed E-state index contributed by atoms with van der Waals surface area (Å²) in [6, 6.07) is 20.8. The Labute approximate surface area is 194 Å². The van der Waals surface area contributed by atoms with Crippen LogP contribution in [0.3, 0.4) is 0 Å². The zero-order chi connectivity index (χ0) is 23.1. The summed E-state index contributed by atoms with van der Waals surface area (Å²) in [5, 5.41) is 0.390. The van der Waals surface area contributed by atoms with Crippen molar-refractivity contribution in [3.63, 3.8) is 0 Å². The third kappa shape index (κ3) is 3.60.